The van der Waals surface area contributed by atoms with Gasteiger partial charge in [0.15, 0.2) is 0 Å². The highest BCUT2D eigenvalue weighted by molar-refractivity contribution is 7.99. The molecule has 1 aliphatic carbocycles. The molecule has 1 heterocycles. The summed E-state index contributed by atoms with van der Waals surface area (Å²) < 4.78 is 0. The fourth-order valence-electron chi connectivity index (χ4n) is 2.21. The number of hydrogen-bond acceptors (Lipinski definition) is 1. The summed E-state index contributed by atoms with van der Waals surface area (Å²) in [5.74, 6) is 4.24. The zero-order valence-corrected chi connectivity index (χ0v) is 8.26. The van der Waals surface area contributed by atoms with Gasteiger partial charge < -0.3 is 0 Å². The maximum atomic E-state index is 2.46. The number of hydrogen-bond donors (Lipinski definition) is 0. The third kappa shape index (κ3) is 1.22. The lowest BCUT2D eigenvalue weighted by Gasteiger charge is -2.14. The second-order valence-electron chi connectivity index (χ2n) is 3.83. The molecule has 1 aliphatic heterocycles. The quantitative estimate of drug-likeness (QED) is 0.590. The first-order valence-corrected chi connectivity index (χ1v) is 5.95. The van der Waals surface area contributed by atoms with Gasteiger partial charge in [-0.15, -0.1) is 0 Å². The van der Waals surface area contributed by atoms with Gasteiger partial charge >= 0.3 is 0 Å². The van der Waals surface area contributed by atoms with Crippen molar-refractivity contribution >= 4 is 23.9 Å². The van der Waals surface area contributed by atoms with Crippen LogP contribution in [-0.4, -0.2) is 11.5 Å². The average Bonchev–Trinajstić information content (AvgIpc) is 2.61. The van der Waals surface area contributed by atoms with Crippen LogP contribution in [0.5, 0.6) is 0 Å². The van der Waals surface area contributed by atoms with Gasteiger partial charge in [0.2, 0.25) is 0 Å². The number of rotatable bonds is 0. The SMILES string of the molecule is C1=c2ccccc2=CC2CSCC12. The van der Waals surface area contributed by atoms with Crippen molar-refractivity contribution in [1.29, 1.82) is 0 Å². The highest BCUT2D eigenvalue weighted by atomic mass is 32.2. The molecule has 1 saturated heterocycles. The van der Waals surface area contributed by atoms with Crippen molar-refractivity contribution < 1.29 is 0 Å². The molecule has 0 spiro atoms. The molecule has 1 aromatic carbocycles. The van der Waals surface area contributed by atoms with Crippen LogP contribution in [0.25, 0.3) is 12.2 Å². The van der Waals surface area contributed by atoms with Crippen LogP contribution in [0.3, 0.4) is 0 Å². The van der Waals surface area contributed by atoms with Crippen molar-refractivity contribution in [3.05, 3.63) is 34.7 Å². The van der Waals surface area contributed by atoms with Gasteiger partial charge in [-0.1, -0.05) is 36.4 Å². The third-order valence-electron chi connectivity index (χ3n) is 2.95. The Morgan fingerprint density at radius 2 is 1.46 bits per heavy atom. The summed E-state index contributed by atoms with van der Waals surface area (Å²) >= 11 is 2.09. The molecule has 0 saturated carbocycles. The smallest absolute Gasteiger partial charge is 0.000206 e. The Kier molecular flexibility index (Phi) is 1.72. The van der Waals surface area contributed by atoms with Gasteiger partial charge in [-0.2, -0.15) is 11.8 Å². The van der Waals surface area contributed by atoms with E-state index in [9.17, 15) is 0 Å². The molecule has 66 valence electrons. The number of fused-ring (bicyclic) bond motifs is 2. The molecule has 1 fully saturated rings. The molecule has 1 aromatic rings. The van der Waals surface area contributed by atoms with Crippen molar-refractivity contribution in [2.75, 3.05) is 11.5 Å². The maximum absolute atomic E-state index is 2.46. The molecular formula is C12H12S. The van der Waals surface area contributed by atoms with E-state index in [1.807, 2.05) is 0 Å². The largest absolute Gasteiger partial charge is 0.161 e. The minimum atomic E-state index is 0.805. The van der Waals surface area contributed by atoms with Gasteiger partial charge in [-0.05, 0) is 22.3 Å². The Bertz CT molecular complexity index is 392. The summed E-state index contributed by atoms with van der Waals surface area (Å²) in [5.41, 5.74) is 0. The summed E-state index contributed by atoms with van der Waals surface area (Å²) in [6, 6.07) is 8.72. The molecule has 3 rings (SSSR count). The minimum absolute atomic E-state index is 0.805. The van der Waals surface area contributed by atoms with Crippen LogP contribution in [0, 0.1) is 11.8 Å². The lowest BCUT2D eigenvalue weighted by atomic mass is 9.90. The Hall–Kier alpha value is -0.690. The Labute approximate surface area is 82.4 Å². The first-order chi connectivity index (χ1) is 6.43. The van der Waals surface area contributed by atoms with E-state index < -0.39 is 0 Å². The van der Waals surface area contributed by atoms with Crippen LogP contribution in [0.4, 0.5) is 0 Å². The van der Waals surface area contributed by atoms with Crippen LogP contribution in [0.15, 0.2) is 24.3 Å². The molecule has 0 nitrogen and oxygen atoms in total. The van der Waals surface area contributed by atoms with E-state index in [2.05, 4.69) is 48.2 Å². The zero-order valence-electron chi connectivity index (χ0n) is 7.44. The monoisotopic (exact) mass is 188 g/mol. The van der Waals surface area contributed by atoms with Crippen LogP contribution < -0.4 is 10.4 Å². The summed E-state index contributed by atoms with van der Waals surface area (Å²) in [6.07, 6.45) is 4.92. The molecule has 13 heavy (non-hydrogen) atoms. The van der Waals surface area contributed by atoms with Crippen LogP contribution >= 0.6 is 11.8 Å². The predicted molar refractivity (Wildman–Crippen MR) is 58.9 cm³/mol. The first-order valence-electron chi connectivity index (χ1n) is 4.80. The molecule has 2 aliphatic rings. The second-order valence-corrected chi connectivity index (χ2v) is 4.90. The van der Waals surface area contributed by atoms with E-state index in [4.69, 9.17) is 0 Å². The van der Waals surface area contributed by atoms with Gasteiger partial charge in [0.05, 0.1) is 0 Å². The minimum Gasteiger partial charge on any atom is -0.161 e. The fraction of sp³-hybridized carbons (Fsp3) is 0.333. The topological polar surface area (TPSA) is 0 Å². The van der Waals surface area contributed by atoms with Gasteiger partial charge in [0.25, 0.3) is 0 Å². The van der Waals surface area contributed by atoms with Crippen molar-refractivity contribution in [2.24, 2.45) is 11.8 Å². The van der Waals surface area contributed by atoms with E-state index in [-0.39, 0.29) is 0 Å². The second kappa shape index (κ2) is 2.91. The molecule has 2 atom stereocenters. The maximum Gasteiger partial charge on any atom is 0.000206 e. The normalized spacial score (nSPS) is 29.8. The van der Waals surface area contributed by atoms with Gasteiger partial charge in [-0.25, -0.2) is 0 Å². The van der Waals surface area contributed by atoms with Gasteiger partial charge in [0, 0.05) is 11.5 Å². The van der Waals surface area contributed by atoms with Crippen molar-refractivity contribution in [1.82, 2.24) is 0 Å². The molecule has 0 radical (unpaired) electrons. The summed E-state index contributed by atoms with van der Waals surface area (Å²) in [6.45, 7) is 0. The Morgan fingerprint density at radius 1 is 0.923 bits per heavy atom. The zero-order chi connectivity index (χ0) is 8.67. The highest BCUT2D eigenvalue weighted by Gasteiger charge is 2.25. The summed E-state index contributed by atoms with van der Waals surface area (Å²) in [4.78, 5) is 0. The van der Waals surface area contributed by atoms with E-state index in [1.54, 1.807) is 0 Å². The lowest BCUT2D eigenvalue weighted by molar-refractivity contribution is 0.654. The van der Waals surface area contributed by atoms with Crippen LogP contribution in [-0.2, 0) is 0 Å². The van der Waals surface area contributed by atoms with Crippen LogP contribution in [0.2, 0.25) is 0 Å². The number of thioether (sulfide) groups is 1. The van der Waals surface area contributed by atoms with Crippen molar-refractivity contribution in [3.63, 3.8) is 0 Å². The Balaban J connectivity index is 2.24. The number of benzene rings is 1. The average molecular weight is 188 g/mol. The van der Waals surface area contributed by atoms with E-state index in [1.165, 1.54) is 21.9 Å². The molecule has 2 unspecified atom stereocenters. The first kappa shape index (κ1) is 7.69. The standard InChI is InChI=1S/C12H12S/c1-2-4-10-6-12-8-13-7-11(12)5-9(10)3-1/h1-6,11-12H,7-8H2. The van der Waals surface area contributed by atoms with Gasteiger partial charge in [-0.3, -0.25) is 0 Å². The van der Waals surface area contributed by atoms with Crippen molar-refractivity contribution in [3.8, 4) is 0 Å². The molecule has 0 amide bonds. The third-order valence-corrected chi connectivity index (χ3v) is 4.20. The summed E-state index contributed by atoms with van der Waals surface area (Å²) in [7, 11) is 0. The highest BCUT2D eigenvalue weighted by Crippen LogP contribution is 2.32. The predicted octanol–water partition coefficient (Wildman–Crippen LogP) is 1.24. The molecular weight excluding hydrogens is 176 g/mol. The van der Waals surface area contributed by atoms with Crippen LogP contribution in [0.1, 0.15) is 0 Å². The summed E-state index contributed by atoms with van der Waals surface area (Å²) in [5, 5.41) is 2.87. The lowest BCUT2D eigenvalue weighted by Crippen LogP contribution is -2.31. The molecule has 0 N–H and O–H groups in total. The van der Waals surface area contributed by atoms with Gasteiger partial charge in [0.1, 0.15) is 0 Å². The fourth-order valence-corrected chi connectivity index (χ4v) is 3.57. The van der Waals surface area contributed by atoms with E-state index in [0.717, 1.165) is 11.8 Å². The van der Waals surface area contributed by atoms with E-state index in [0.29, 0.717) is 0 Å². The molecule has 1 heteroatoms. The van der Waals surface area contributed by atoms with E-state index >= 15 is 0 Å². The molecule has 0 aromatic heterocycles. The van der Waals surface area contributed by atoms with Crippen molar-refractivity contribution in [2.45, 2.75) is 0 Å². The Morgan fingerprint density at radius 3 is 2.00 bits per heavy atom. The molecule has 0 bridgehead atoms.